The van der Waals surface area contributed by atoms with E-state index in [1.807, 2.05) is 0 Å². The normalized spacial score (nSPS) is 25.7. The van der Waals surface area contributed by atoms with Crippen LogP contribution >= 0.6 is 0 Å². The SMILES string of the molecule is O[C@H]1C[C@@H](C(F)F)Oc2ccccc21. The van der Waals surface area contributed by atoms with Crippen LogP contribution in [0.1, 0.15) is 18.1 Å². The summed E-state index contributed by atoms with van der Waals surface area (Å²) in [4.78, 5) is 0. The van der Waals surface area contributed by atoms with Gasteiger partial charge in [0, 0.05) is 12.0 Å². The lowest BCUT2D eigenvalue weighted by Gasteiger charge is -2.28. The van der Waals surface area contributed by atoms with Gasteiger partial charge >= 0.3 is 0 Å². The highest BCUT2D eigenvalue weighted by molar-refractivity contribution is 5.36. The molecule has 1 aliphatic rings. The van der Waals surface area contributed by atoms with E-state index in [2.05, 4.69) is 0 Å². The molecule has 0 aliphatic carbocycles. The lowest BCUT2D eigenvalue weighted by Crippen LogP contribution is -2.31. The van der Waals surface area contributed by atoms with Gasteiger partial charge < -0.3 is 9.84 Å². The molecule has 0 saturated heterocycles. The van der Waals surface area contributed by atoms with Crippen LogP contribution in [0.4, 0.5) is 8.78 Å². The number of ether oxygens (including phenoxy) is 1. The first kappa shape index (κ1) is 9.40. The van der Waals surface area contributed by atoms with Gasteiger partial charge in [-0.3, -0.25) is 0 Å². The topological polar surface area (TPSA) is 29.5 Å². The first-order valence-electron chi connectivity index (χ1n) is 4.40. The lowest BCUT2D eigenvalue weighted by atomic mass is 9.99. The zero-order valence-corrected chi connectivity index (χ0v) is 7.36. The molecule has 2 atom stereocenters. The molecule has 0 unspecified atom stereocenters. The van der Waals surface area contributed by atoms with E-state index in [-0.39, 0.29) is 6.42 Å². The molecule has 4 heteroatoms. The standard InChI is InChI=1S/C10H10F2O2/c11-10(12)9-5-7(13)6-3-1-2-4-8(6)14-9/h1-4,7,9-10,13H,5H2/t7-,9-/m0/s1. The summed E-state index contributed by atoms with van der Waals surface area (Å²) < 4.78 is 29.8. The first-order valence-corrected chi connectivity index (χ1v) is 4.40. The second-order valence-corrected chi connectivity index (χ2v) is 3.28. The van der Waals surface area contributed by atoms with Gasteiger partial charge in [-0.05, 0) is 6.07 Å². The van der Waals surface area contributed by atoms with Crippen molar-refractivity contribution in [3.63, 3.8) is 0 Å². The molecular formula is C10H10F2O2. The summed E-state index contributed by atoms with van der Waals surface area (Å²) in [6.45, 7) is 0. The van der Waals surface area contributed by atoms with Gasteiger partial charge in [0.2, 0.25) is 0 Å². The summed E-state index contributed by atoms with van der Waals surface area (Å²) in [5, 5.41) is 9.57. The minimum Gasteiger partial charge on any atom is -0.484 e. The molecule has 0 saturated carbocycles. The maximum atomic E-state index is 12.4. The van der Waals surface area contributed by atoms with Crippen LogP contribution in [0.5, 0.6) is 5.75 Å². The van der Waals surface area contributed by atoms with Crippen molar-refractivity contribution in [3.05, 3.63) is 29.8 Å². The molecule has 1 aromatic carbocycles. The van der Waals surface area contributed by atoms with Crippen LogP contribution < -0.4 is 4.74 Å². The van der Waals surface area contributed by atoms with E-state index < -0.39 is 18.6 Å². The number of aliphatic hydroxyl groups excluding tert-OH is 1. The zero-order valence-electron chi connectivity index (χ0n) is 7.36. The van der Waals surface area contributed by atoms with Gasteiger partial charge in [-0.2, -0.15) is 0 Å². The molecule has 1 N–H and O–H groups in total. The van der Waals surface area contributed by atoms with Gasteiger partial charge in [-0.15, -0.1) is 0 Å². The number of rotatable bonds is 1. The molecule has 0 amide bonds. The smallest absolute Gasteiger partial charge is 0.274 e. The van der Waals surface area contributed by atoms with E-state index in [0.29, 0.717) is 11.3 Å². The first-order chi connectivity index (χ1) is 6.68. The highest BCUT2D eigenvalue weighted by atomic mass is 19.3. The quantitative estimate of drug-likeness (QED) is 0.752. The fourth-order valence-corrected chi connectivity index (χ4v) is 1.58. The van der Waals surface area contributed by atoms with Gasteiger partial charge in [-0.25, -0.2) is 8.78 Å². The van der Waals surface area contributed by atoms with E-state index in [1.54, 1.807) is 24.3 Å². The zero-order chi connectivity index (χ0) is 10.1. The van der Waals surface area contributed by atoms with Crippen LogP contribution in [0, 0.1) is 0 Å². The monoisotopic (exact) mass is 200 g/mol. The third-order valence-electron chi connectivity index (χ3n) is 2.29. The second kappa shape index (κ2) is 3.53. The molecular weight excluding hydrogens is 190 g/mol. The van der Waals surface area contributed by atoms with E-state index in [9.17, 15) is 13.9 Å². The van der Waals surface area contributed by atoms with Gasteiger partial charge in [0.1, 0.15) is 5.75 Å². The van der Waals surface area contributed by atoms with Gasteiger partial charge in [0.25, 0.3) is 6.43 Å². The Morgan fingerprint density at radius 1 is 1.36 bits per heavy atom. The van der Waals surface area contributed by atoms with Crippen LogP contribution in [-0.2, 0) is 0 Å². The highest BCUT2D eigenvalue weighted by Gasteiger charge is 2.32. The van der Waals surface area contributed by atoms with E-state index in [4.69, 9.17) is 4.74 Å². The molecule has 0 spiro atoms. The summed E-state index contributed by atoms with van der Waals surface area (Å²) in [5.41, 5.74) is 0.587. The third kappa shape index (κ3) is 1.57. The van der Waals surface area contributed by atoms with Crippen molar-refractivity contribution >= 4 is 0 Å². The Morgan fingerprint density at radius 3 is 2.79 bits per heavy atom. The Bertz CT molecular complexity index is 328. The summed E-state index contributed by atoms with van der Waals surface area (Å²) in [5.74, 6) is 0.358. The number of hydrogen-bond acceptors (Lipinski definition) is 2. The molecule has 76 valence electrons. The number of benzene rings is 1. The predicted molar refractivity (Wildman–Crippen MR) is 46.4 cm³/mol. The van der Waals surface area contributed by atoms with Crippen molar-refractivity contribution in [2.45, 2.75) is 25.1 Å². The molecule has 1 aliphatic heterocycles. The Hall–Kier alpha value is -1.16. The fourth-order valence-electron chi connectivity index (χ4n) is 1.58. The molecule has 0 radical (unpaired) electrons. The average Bonchev–Trinajstić information content (AvgIpc) is 2.17. The van der Waals surface area contributed by atoms with E-state index in [0.717, 1.165) is 0 Å². The van der Waals surface area contributed by atoms with Crippen molar-refractivity contribution in [1.82, 2.24) is 0 Å². The molecule has 2 nitrogen and oxygen atoms in total. The van der Waals surface area contributed by atoms with Crippen LogP contribution in [0.3, 0.4) is 0 Å². The summed E-state index contributed by atoms with van der Waals surface area (Å²) >= 11 is 0. The Kier molecular flexibility index (Phi) is 2.37. The number of halogens is 2. The second-order valence-electron chi connectivity index (χ2n) is 3.28. The van der Waals surface area contributed by atoms with Gasteiger partial charge in [0.15, 0.2) is 6.10 Å². The summed E-state index contributed by atoms with van der Waals surface area (Å²) in [7, 11) is 0. The van der Waals surface area contributed by atoms with Gasteiger partial charge in [0.05, 0.1) is 6.10 Å². The molecule has 1 heterocycles. The third-order valence-corrected chi connectivity index (χ3v) is 2.29. The van der Waals surface area contributed by atoms with Crippen molar-refractivity contribution < 1.29 is 18.6 Å². The number of hydrogen-bond donors (Lipinski definition) is 1. The molecule has 0 aromatic heterocycles. The molecule has 2 rings (SSSR count). The maximum absolute atomic E-state index is 12.4. The van der Waals surface area contributed by atoms with E-state index >= 15 is 0 Å². The van der Waals surface area contributed by atoms with Crippen LogP contribution in [-0.4, -0.2) is 17.6 Å². The van der Waals surface area contributed by atoms with Crippen LogP contribution in [0.15, 0.2) is 24.3 Å². The Balaban J connectivity index is 2.29. The van der Waals surface area contributed by atoms with Crippen molar-refractivity contribution in [2.24, 2.45) is 0 Å². The molecule has 14 heavy (non-hydrogen) atoms. The van der Waals surface area contributed by atoms with Crippen LogP contribution in [0.2, 0.25) is 0 Å². The Morgan fingerprint density at radius 2 is 2.07 bits per heavy atom. The molecule has 1 aromatic rings. The average molecular weight is 200 g/mol. The maximum Gasteiger partial charge on any atom is 0.274 e. The number of aliphatic hydroxyl groups is 1. The minimum absolute atomic E-state index is 0.0469. The van der Waals surface area contributed by atoms with Gasteiger partial charge in [-0.1, -0.05) is 18.2 Å². The minimum atomic E-state index is -2.56. The molecule has 0 fully saturated rings. The largest absolute Gasteiger partial charge is 0.484 e. The number of para-hydroxylation sites is 1. The highest BCUT2D eigenvalue weighted by Crippen LogP contribution is 2.35. The Labute approximate surface area is 80.1 Å². The number of alkyl halides is 2. The van der Waals surface area contributed by atoms with E-state index in [1.165, 1.54) is 0 Å². The van der Waals surface area contributed by atoms with Crippen molar-refractivity contribution in [2.75, 3.05) is 0 Å². The van der Waals surface area contributed by atoms with Crippen molar-refractivity contribution in [1.29, 1.82) is 0 Å². The van der Waals surface area contributed by atoms with Crippen molar-refractivity contribution in [3.8, 4) is 5.75 Å². The van der Waals surface area contributed by atoms with Crippen LogP contribution in [0.25, 0.3) is 0 Å². The lowest BCUT2D eigenvalue weighted by molar-refractivity contribution is -0.0323. The summed E-state index contributed by atoms with van der Waals surface area (Å²) in [6, 6.07) is 6.71. The predicted octanol–water partition coefficient (Wildman–Crippen LogP) is 2.14. The fraction of sp³-hybridized carbons (Fsp3) is 0.400. The molecule has 0 bridgehead atoms. The number of fused-ring (bicyclic) bond motifs is 1. The summed E-state index contributed by atoms with van der Waals surface area (Å²) in [6.07, 6.45) is -4.65.